The van der Waals surface area contributed by atoms with Crippen molar-refractivity contribution in [1.82, 2.24) is 0 Å². The third-order valence-corrected chi connectivity index (χ3v) is 2.78. The highest BCUT2D eigenvalue weighted by Gasteiger charge is 2.02. The van der Waals surface area contributed by atoms with E-state index in [1.54, 1.807) is 19.2 Å². The van der Waals surface area contributed by atoms with Crippen molar-refractivity contribution < 1.29 is 18.6 Å². The Balaban J connectivity index is 2.07. The third kappa shape index (κ3) is 6.44. The molecule has 5 heteroatoms. The molecule has 102 valence electrons. The summed E-state index contributed by atoms with van der Waals surface area (Å²) < 4.78 is 29.7. The average Bonchev–Trinajstić information content (AvgIpc) is 2.35. The third-order valence-electron chi connectivity index (χ3n) is 2.28. The van der Waals surface area contributed by atoms with Gasteiger partial charge in [0.05, 0.1) is 19.8 Å². The van der Waals surface area contributed by atoms with Gasteiger partial charge in [0.25, 0.3) is 0 Å². The molecule has 0 aliphatic heterocycles. The first-order valence-electron chi connectivity index (χ1n) is 5.82. The Kier molecular flexibility index (Phi) is 8.17. The molecule has 0 saturated heterocycles. The molecule has 0 saturated carbocycles. The molecule has 0 bridgehead atoms. The van der Waals surface area contributed by atoms with Gasteiger partial charge in [-0.15, -0.1) is 0 Å². The summed E-state index contributed by atoms with van der Waals surface area (Å²) in [6, 6.07) is 4.96. The number of hydrogen-bond acceptors (Lipinski definition) is 3. The van der Waals surface area contributed by atoms with Crippen LogP contribution in [0.1, 0.15) is 12.0 Å². The Morgan fingerprint density at radius 3 is 2.61 bits per heavy atom. The van der Waals surface area contributed by atoms with E-state index in [1.807, 2.05) is 0 Å². The second-order valence-electron chi connectivity index (χ2n) is 3.75. The smallest absolute Gasteiger partial charge is 0.129 e. The van der Waals surface area contributed by atoms with Gasteiger partial charge in [-0.25, -0.2) is 4.39 Å². The summed E-state index contributed by atoms with van der Waals surface area (Å²) in [5.74, 6) is -0.249. The van der Waals surface area contributed by atoms with Gasteiger partial charge in [0.2, 0.25) is 0 Å². The number of benzene rings is 1. The van der Waals surface area contributed by atoms with Crippen molar-refractivity contribution in [2.45, 2.75) is 13.0 Å². The number of halogens is 2. The van der Waals surface area contributed by atoms with Crippen LogP contribution in [0.3, 0.4) is 0 Å². The monoisotopic (exact) mass is 320 g/mol. The minimum atomic E-state index is -0.249. The first-order chi connectivity index (χ1) is 8.74. The molecule has 0 fully saturated rings. The van der Waals surface area contributed by atoms with Crippen molar-refractivity contribution >= 4 is 15.9 Å². The zero-order chi connectivity index (χ0) is 13.2. The van der Waals surface area contributed by atoms with Crippen LogP contribution in [0, 0.1) is 5.82 Å². The summed E-state index contributed by atoms with van der Waals surface area (Å²) in [6.45, 7) is 2.68. The molecule has 0 heterocycles. The summed E-state index contributed by atoms with van der Waals surface area (Å²) in [5, 5.41) is 0. The number of rotatable bonds is 9. The molecule has 0 atom stereocenters. The van der Waals surface area contributed by atoms with E-state index >= 15 is 0 Å². The van der Waals surface area contributed by atoms with Crippen molar-refractivity contribution in [2.75, 3.05) is 33.5 Å². The molecule has 0 aromatic heterocycles. The molecule has 0 unspecified atom stereocenters. The number of hydrogen-bond donors (Lipinski definition) is 0. The number of ether oxygens (including phenoxy) is 3. The van der Waals surface area contributed by atoms with Crippen LogP contribution < -0.4 is 0 Å². The van der Waals surface area contributed by atoms with Crippen LogP contribution in [-0.2, 0) is 20.8 Å². The first-order valence-corrected chi connectivity index (χ1v) is 6.61. The maximum Gasteiger partial charge on any atom is 0.129 e. The van der Waals surface area contributed by atoms with E-state index in [4.69, 9.17) is 14.2 Å². The van der Waals surface area contributed by atoms with E-state index < -0.39 is 0 Å². The second-order valence-corrected chi connectivity index (χ2v) is 4.66. The largest absolute Gasteiger partial charge is 0.382 e. The fourth-order valence-electron chi connectivity index (χ4n) is 1.33. The lowest BCUT2D eigenvalue weighted by atomic mass is 10.2. The minimum Gasteiger partial charge on any atom is -0.382 e. The molecule has 0 aliphatic rings. The average molecular weight is 321 g/mol. The molecule has 1 aromatic carbocycles. The second kappa shape index (κ2) is 9.44. The predicted octanol–water partition coefficient (Wildman–Crippen LogP) is 3.16. The topological polar surface area (TPSA) is 27.7 Å². The van der Waals surface area contributed by atoms with Gasteiger partial charge < -0.3 is 14.2 Å². The van der Waals surface area contributed by atoms with Gasteiger partial charge in [-0.2, -0.15) is 0 Å². The molecule has 1 rings (SSSR count). The highest BCUT2D eigenvalue weighted by Crippen LogP contribution is 2.15. The van der Waals surface area contributed by atoms with Crippen LogP contribution in [0.25, 0.3) is 0 Å². The Bertz CT molecular complexity index is 347. The molecule has 0 spiro atoms. The van der Waals surface area contributed by atoms with Crippen molar-refractivity contribution in [2.24, 2.45) is 0 Å². The van der Waals surface area contributed by atoms with Crippen molar-refractivity contribution in [3.63, 3.8) is 0 Å². The summed E-state index contributed by atoms with van der Waals surface area (Å²) in [6.07, 6.45) is 0.794. The highest BCUT2D eigenvalue weighted by atomic mass is 79.9. The molecular weight excluding hydrogens is 303 g/mol. The summed E-state index contributed by atoms with van der Waals surface area (Å²) in [4.78, 5) is 0. The van der Waals surface area contributed by atoms with E-state index in [2.05, 4.69) is 15.9 Å². The van der Waals surface area contributed by atoms with E-state index in [9.17, 15) is 4.39 Å². The van der Waals surface area contributed by atoms with Gasteiger partial charge in [0.1, 0.15) is 5.82 Å². The highest BCUT2D eigenvalue weighted by molar-refractivity contribution is 9.10. The van der Waals surface area contributed by atoms with E-state index in [0.29, 0.717) is 32.0 Å². The molecule has 0 radical (unpaired) electrons. The molecule has 1 aromatic rings. The lowest BCUT2D eigenvalue weighted by Crippen LogP contribution is -2.06. The van der Waals surface area contributed by atoms with Gasteiger partial charge >= 0.3 is 0 Å². The molecule has 18 heavy (non-hydrogen) atoms. The van der Waals surface area contributed by atoms with Gasteiger partial charge in [-0.3, -0.25) is 0 Å². The van der Waals surface area contributed by atoms with Gasteiger partial charge in [0.15, 0.2) is 0 Å². The van der Waals surface area contributed by atoms with E-state index in [1.165, 1.54) is 6.07 Å². The molecule has 0 amide bonds. The van der Waals surface area contributed by atoms with E-state index in [-0.39, 0.29) is 12.4 Å². The zero-order valence-electron chi connectivity index (χ0n) is 10.5. The SMILES string of the molecule is COCCOCCCOCc1ccc(Br)cc1F. The lowest BCUT2D eigenvalue weighted by molar-refractivity contribution is 0.0479. The molecule has 3 nitrogen and oxygen atoms in total. The van der Waals surface area contributed by atoms with Crippen LogP contribution in [0.2, 0.25) is 0 Å². The van der Waals surface area contributed by atoms with Crippen molar-refractivity contribution in [3.8, 4) is 0 Å². The Morgan fingerprint density at radius 1 is 1.11 bits per heavy atom. The summed E-state index contributed by atoms with van der Waals surface area (Å²) >= 11 is 3.21. The van der Waals surface area contributed by atoms with Gasteiger partial charge in [-0.1, -0.05) is 22.0 Å². The zero-order valence-corrected chi connectivity index (χ0v) is 12.0. The fourth-order valence-corrected chi connectivity index (χ4v) is 1.66. The standard InChI is InChI=1S/C13H18BrFO3/c1-16-7-8-17-5-2-6-18-10-11-3-4-12(14)9-13(11)15/h3-4,9H,2,5-8,10H2,1H3. The fraction of sp³-hybridized carbons (Fsp3) is 0.538. The molecule has 0 N–H and O–H groups in total. The summed E-state index contributed by atoms with van der Waals surface area (Å²) in [5.41, 5.74) is 0.568. The molecule has 0 aliphatic carbocycles. The van der Waals surface area contributed by atoms with Crippen LogP contribution in [0.5, 0.6) is 0 Å². The van der Waals surface area contributed by atoms with Gasteiger partial charge in [-0.05, 0) is 18.6 Å². The van der Waals surface area contributed by atoms with Crippen LogP contribution in [0.4, 0.5) is 4.39 Å². The van der Waals surface area contributed by atoms with Crippen LogP contribution in [-0.4, -0.2) is 33.5 Å². The Morgan fingerprint density at radius 2 is 1.89 bits per heavy atom. The predicted molar refractivity (Wildman–Crippen MR) is 71.1 cm³/mol. The van der Waals surface area contributed by atoms with Crippen molar-refractivity contribution in [3.05, 3.63) is 34.1 Å². The van der Waals surface area contributed by atoms with Crippen molar-refractivity contribution in [1.29, 1.82) is 0 Å². The lowest BCUT2D eigenvalue weighted by Gasteiger charge is -2.06. The quantitative estimate of drug-likeness (QED) is 0.654. The maximum absolute atomic E-state index is 13.4. The number of methoxy groups -OCH3 is 1. The first kappa shape index (κ1) is 15.6. The molecular formula is C13H18BrFO3. The van der Waals surface area contributed by atoms with Crippen LogP contribution >= 0.6 is 15.9 Å². The Labute approximate surface area is 115 Å². The Hall–Kier alpha value is -0.490. The summed E-state index contributed by atoms with van der Waals surface area (Å²) in [7, 11) is 1.64. The van der Waals surface area contributed by atoms with Gasteiger partial charge in [0, 0.05) is 30.4 Å². The van der Waals surface area contributed by atoms with E-state index in [0.717, 1.165) is 10.9 Å². The maximum atomic E-state index is 13.4. The van der Waals surface area contributed by atoms with Crippen LogP contribution in [0.15, 0.2) is 22.7 Å². The normalized spacial score (nSPS) is 10.8. The minimum absolute atomic E-state index is 0.249.